The summed E-state index contributed by atoms with van der Waals surface area (Å²) in [7, 11) is 0. The Labute approximate surface area is 131 Å². The zero-order valence-corrected chi connectivity index (χ0v) is 12.8. The van der Waals surface area contributed by atoms with Crippen LogP contribution in [0.5, 0.6) is 0 Å². The van der Waals surface area contributed by atoms with Crippen LogP contribution in [-0.2, 0) is 8.53 Å². The Hall–Kier alpha value is -0.600. The second-order valence-corrected chi connectivity index (χ2v) is 6.31. The Morgan fingerprint density at radius 1 is 1.20 bits per heavy atom. The predicted molar refractivity (Wildman–Crippen MR) is 77.7 cm³/mol. The zero-order chi connectivity index (χ0) is 14.6. The number of morpholine rings is 1. The highest BCUT2D eigenvalue weighted by Crippen LogP contribution is 2.36. The summed E-state index contributed by atoms with van der Waals surface area (Å²) in [5, 5.41) is 11.7. The molecule has 0 radical (unpaired) electrons. The van der Waals surface area contributed by atoms with Gasteiger partial charge in [0, 0.05) is 19.6 Å². The highest BCUT2D eigenvalue weighted by Gasteiger charge is 2.29. The lowest BCUT2D eigenvalue weighted by atomic mass is 10.4. The fourth-order valence-electron chi connectivity index (χ4n) is 1.64. The quantitative estimate of drug-likeness (QED) is 0.788. The van der Waals surface area contributed by atoms with E-state index in [0.717, 1.165) is 0 Å². The third kappa shape index (κ3) is 4.20. The first kappa shape index (κ1) is 15.8. The van der Waals surface area contributed by atoms with Crippen LogP contribution in [0.4, 0.5) is 11.9 Å². The number of ether oxygens (including phenoxy) is 1. The molecule has 2 rings (SSSR count). The van der Waals surface area contributed by atoms with E-state index >= 15 is 0 Å². The van der Waals surface area contributed by atoms with Crippen molar-refractivity contribution in [3.8, 4) is 0 Å². The number of nitrogens with one attached hydrogen (secondary N) is 1. The maximum atomic E-state index is 8.84. The molecule has 0 aliphatic carbocycles. The first-order valence-electron chi connectivity index (χ1n) is 6.01. The molecular formula is C10H14Cl3N5O2. The summed E-state index contributed by atoms with van der Waals surface area (Å²) in [6, 6.07) is 0. The van der Waals surface area contributed by atoms with Crippen LogP contribution in [0.1, 0.15) is 5.82 Å². The topological polar surface area (TPSA) is 83.4 Å². The molecule has 112 valence electrons. The van der Waals surface area contributed by atoms with E-state index in [2.05, 4.69) is 20.3 Å². The molecule has 1 aromatic rings. The predicted octanol–water partition coefficient (Wildman–Crippen LogP) is 0.939. The Bertz CT molecular complexity index is 451. The second-order valence-electron chi connectivity index (χ2n) is 4.03. The van der Waals surface area contributed by atoms with Gasteiger partial charge in [-0.05, 0) is 0 Å². The molecule has 1 aromatic heterocycles. The number of hydrogen-bond donors (Lipinski definition) is 2. The molecule has 7 nitrogen and oxygen atoms in total. The minimum Gasteiger partial charge on any atom is -0.395 e. The van der Waals surface area contributed by atoms with Gasteiger partial charge in [-0.1, -0.05) is 34.8 Å². The highest BCUT2D eigenvalue weighted by molar-refractivity contribution is 6.66. The van der Waals surface area contributed by atoms with Gasteiger partial charge in [-0.2, -0.15) is 15.0 Å². The molecule has 1 aliphatic heterocycles. The maximum absolute atomic E-state index is 8.84. The molecule has 0 aromatic carbocycles. The Morgan fingerprint density at radius 3 is 2.50 bits per heavy atom. The Morgan fingerprint density at radius 2 is 1.90 bits per heavy atom. The number of nitrogens with zero attached hydrogens (tertiary/aromatic N) is 4. The van der Waals surface area contributed by atoms with E-state index in [9.17, 15) is 0 Å². The van der Waals surface area contributed by atoms with E-state index in [1.165, 1.54) is 0 Å². The summed E-state index contributed by atoms with van der Waals surface area (Å²) in [6.45, 7) is 2.74. The van der Waals surface area contributed by atoms with Gasteiger partial charge in [-0.25, -0.2) is 0 Å². The summed E-state index contributed by atoms with van der Waals surface area (Å²) in [5.74, 6) is 0.723. The number of aromatic nitrogens is 3. The summed E-state index contributed by atoms with van der Waals surface area (Å²) in [4.78, 5) is 14.4. The van der Waals surface area contributed by atoms with Gasteiger partial charge in [0.2, 0.25) is 15.7 Å². The minimum atomic E-state index is -1.74. The molecule has 0 bridgehead atoms. The summed E-state index contributed by atoms with van der Waals surface area (Å²) in [6.07, 6.45) is 0. The van der Waals surface area contributed by atoms with Gasteiger partial charge in [0.25, 0.3) is 0 Å². The standard InChI is InChI=1S/C10H14Cl3N5O2/c11-10(12,13)7-15-8(14-1-4-19)17-9(16-7)18-2-5-20-6-3-18/h19H,1-6H2,(H,14,15,16,17). The van der Waals surface area contributed by atoms with Crippen LogP contribution >= 0.6 is 34.8 Å². The molecule has 20 heavy (non-hydrogen) atoms. The van der Waals surface area contributed by atoms with Gasteiger partial charge < -0.3 is 20.1 Å². The number of rotatable bonds is 4. The van der Waals surface area contributed by atoms with Gasteiger partial charge in [0.05, 0.1) is 19.8 Å². The van der Waals surface area contributed by atoms with Crippen LogP contribution in [0.15, 0.2) is 0 Å². The molecule has 1 fully saturated rings. The van der Waals surface area contributed by atoms with Crippen LogP contribution in [0.2, 0.25) is 0 Å². The van der Waals surface area contributed by atoms with Crippen LogP contribution in [0, 0.1) is 0 Å². The normalized spacial score (nSPS) is 16.3. The van der Waals surface area contributed by atoms with Crippen molar-refractivity contribution in [1.29, 1.82) is 0 Å². The van der Waals surface area contributed by atoms with Crippen molar-refractivity contribution in [3.63, 3.8) is 0 Å². The third-order valence-electron chi connectivity index (χ3n) is 2.57. The zero-order valence-electron chi connectivity index (χ0n) is 10.5. The van der Waals surface area contributed by atoms with Crippen molar-refractivity contribution in [2.75, 3.05) is 49.7 Å². The van der Waals surface area contributed by atoms with Crippen LogP contribution in [0.25, 0.3) is 0 Å². The molecule has 0 unspecified atom stereocenters. The summed E-state index contributed by atoms with van der Waals surface area (Å²) >= 11 is 17.5. The van der Waals surface area contributed by atoms with Crippen molar-refractivity contribution in [3.05, 3.63) is 5.82 Å². The molecule has 1 saturated heterocycles. The van der Waals surface area contributed by atoms with Crippen molar-refractivity contribution >= 4 is 46.7 Å². The van der Waals surface area contributed by atoms with E-state index in [1.807, 2.05) is 4.90 Å². The fraction of sp³-hybridized carbons (Fsp3) is 0.700. The largest absolute Gasteiger partial charge is 0.395 e. The van der Waals surface area contributed by atoms with Crippen molar-refractivity contribution in [1.82, 2.24) is 15.0 Å². The first-order chi connectivity index (χ1) is 9.50. The summed E-state index contributed by atoms with van der Waals surface area (Å²) < 4.78 is 3.54. The lowest BCUT2D eigenvalue weighted by Crippen LogP contribution is -2.38. The molecule has 0 saturated carbocycles. The number of aliphatic hydroxyl groups excluding tert-OH is 1. The molecule has 1 aliphatic rings. The molecular weight excluding hydrogens is 329 g/mol. The second kappa shape index (κ2) is 6.91. The summed E-state index contributed by atoms with van der Waals surface area (Å²) in [5.41, 5.74) is 0. The van der Waals surface area contributed by atoms with Gasteiger partial charge in [0.1, 0.15) is 0 Å². The maximum Gasteiger partial charge on any atom is 0.250 e. The fourth-order valence-corrected chi connectivity index (χ4v) is 1.90. The lowest BCUT2D eigenvalue weighted by Gasteiger charge is -2.27. The van der Waals surface area contributed by atoms with Crippen molar-refractivity contribution in [2.24, 2.45) is 0 Å². The molecule has 10 heteroatoms. The highest BCUT2D eigenvalue weighted by atomic mass is 35.6. The van der Waals surface area contributed by atoms with Gasteiger partial charge in [-0.15, -0.1) is 0 Å². The van der Waals surface area contributed by atoms with Crippen molar-refractivity contribution < 1.29 is 9.84 Å². The number of alkyl halides is 3. The Balaban J connectivity index is 2.29. The molecule has 2 N–H and O–H groups in total. The minimum absolute atomic E-state index is 0.0411. The number of halogens is 3. The Kier molecular flexibility index (Phi) is 5.45. The molecule has 2 heterocycles. The molecule has 0 spiro atoms. The van der Waals surface area contributed by atoms with E-state index in [1.54, 1.807) is 0 Å². The number of anilines is 2. The number of hydrogen-bond acceptors (Lipinski definition) is 7. The first-order valence-corrected chi connectivity index (χ1v) is 7.15. The molecule has 0 amide bonds. The van der Waals surface area contributed by atoms with E-state index in [4.69, 9.17) is 44.6 Å². The van der Waals surface area contributed by atoms with E-state index < -0.39 is 3.79 Å². The van der Waals surface area contributed by atoms with E-state index in [-0.39, 0.29) is 18.4 Å². The molecule has 0 atom stereocenters. The van der Waals surface area contributed by atoms with E-state index in [0.29, 0.717) is 38.8 Å². The average Bonchev–Trinajstić information content (AvgIpc) is 2.45. The lowest BCUT2D eigenvalue weighted by molar-refractivity contribution is 0.122. The average molecular weight is 343 g/mol. The SMILES string of the molecule is OCCNc1nc(N2CCOCC2)nc(C(Cl)(Cl)Cl)n1. The van der Waals surface area contributed by atoms with Crippen molar-refractivity contribution in [2.45, 2.75) is 3.79 Å². The van der Waals surface area contributed by atoms with Gasteiger partial charge in [0.15, 0.2) is 5.82 Å². The van der Waals surface area contributed by atoms with Crippen LogP contribution < -0.4 is 10.2 Å². The van der Waals surface area contributed by atoms with Crippen LogP contribution in [0.3, 0.4) is 0 Å². The van der Waals surface area contributed by atoms with Gasteiger partial charge >= 0.3 is 0 Å². The third-order valence-corrected chi connectivity index (χ3v) is 3.07. The number of aliphatic hydroxyl groups is 1. The van der Waals surface area contributed by atoms with Crippen LogP contribution in [-0.4, -0.2) is 59.5 Å². The van der Waals surface area contributed by atoms with Gasteiger partial charge in [-0.3, -0.25) is 0 Å². The monoisotopic (exact) mass is 341 g/mol. The smallest absolute Gasteiger partial charge is 0.250 e.